The second-order valence-electron chi connectivity index (χ2n) is 4.36. The Labute approximate surface area is 126 Å². The number of nitrogens with zero attached hydrogens (tertiary/aromatic N) is 1. The van der Waals surface area contributed by atoms with Gasteiger partial charge in [-0.1, -0.05) is 12.1 Å². The van der Waals surface area contributed by atoms with Crippen LogP contribution in [-0.2, 0) is 14.3 Å². The van der Waals surface area contributed by atoms with Crippen LogP contribution < -0.4 is 0 Å². The van der Waals surface area contributed by atoms with Crippen molar-refractivity contribution in [2.45, 2.75) is 18.3 Å². The van der Waals surface area contributed by atoms with Crippen LogP contribution in [0.2, 0.25) is 0 Å². The highest BCUT2D eigenvalue weighted by molar-refractivity contribution is 7.99. The van der Waals surface area contributed by atoms with Gasteiger partial charge in [-0.15, -0.1) is 18.2 Å². The van der Waals surface area contributed by atoms with Gasteiger partial charge in [-0.05, 0) is 30.5 Å². The molecule has 1 aromatic rings. The molecular weight excluding hydrogens is 293 g/mol. The number of hydrogen-bond donors (Lipinski definition) is 0. The molecule has 21 heavy (non-hydrogen) atoms. The van der Waals surface area contributed by atoms with Crippen molar-refractivity contribution in [3.8, 4) is 12.3 Å². The van der Waals surface area contributed by atoms with E-state index in [1.165, 1.54) is 28.8 Å². The van der Waals surface area contributed by atoms with E-state index in [2.05, 4.69) is 0 Å². The zero-order valence-corrected chi connectivity index (χ0v) is 12.2. The highest BCUT2D eigenvalue weighted by atomic mass is 32.2. The van der Waals surface area contributed by atoms with E-state index in [1.54, 1.807) is 19.1 Å². The summed E-state index contributed by atoms with van der Waals surface area (Å²) in [5, 5.41) is -0.413. The van der Waals surface area contributed by atoms with Crippen LogP contribution in [0.15, 0.2) is 24.3 Å². The molecule has 0 aliphatic carbocycles. The first-order valence-electron chi connectivity index (χ1n) is 6.41. The molecule has 0 radical (unpaired) electrons. The predicted molar refractivity (Wildman–Crippen MR) is 77.7 cm³/mol. The number of benzene rings is 1. The molecule has 1 saturated heterocycles. The van der Waals surface area contributed by atoms with E-state index < -0.39 is 23.3 Å². The molecule has 1 aliphatic heterocycles. The smallest absolute Gasteiger partial charge is 0.329 e. The summed E-state index contributed by atoms with van der Waals surface area (Å²) in [5.74, 6) is 1.02. The lowest BCUT2D eigenvalue weighted by molar-refractivity contribution is -0.152. The van der Waals surface area contributed by atoms with Gasteiger partial charge in [0.2, 0.25) is 0 Å². The van der Waals surface area contributed by atoms with Gasteiger partial charge in [0.1, 0.15) is 17.2 Å². The topological polar surface area (TPSA) is 46.6 Å². The third-order valence-electron chi connectivity index (χ3n) is 3.07. The van der Waals surface area contributed by atoms with Gasteiger partial charge in [0, 0.05) is 5.75 Å². The first-order chi connectivity index (χ1) is 10.1. The number of halogens is 1. The quantitative estimate of drug-likeness (QED) is 0.633. The van der Waals surface area contributed by atoms with Crippen LogP contribution in [0.4, 0.5) is 4.39 Å². The predicted octanol–water partition coefficient (Wildman–Crippen LogP) is 1.96. The summed E-state index contributed by atoms with van der Waals surface area (Å²) in [6.45, 7) is 1.93. The summed E-state index contributed by atoms with van der Waals surface area (Å²) in [6.07, 6.45) is 5.19. The Morgan fingerprint density at radius 1 is 1.48 bits per heavy atom. The molecule has 0 aromatic heterocycles. The van der Waals surface area contributed by atoms with Crippen LogP contribution in [0.3, 0.4) is 0 Å². The molecule has 1 heterocycles. The zero-order valence-electron chi connectivity index (χ0n) is 11.4. The van der Waals surface area contributed by atoms with Crippen LogP contribution in [0.1, 0.15) is 17.9 Å². The lowest BCUT2D eigenvalue weighted by atomic mass is 10.1. The highest BCUT2D eigenvalue weighted by Gasteiger charge is 2.42. The maximum Gasteiger partial charge on any atom is 0.329 e. The van der Waals surface area contributed by atoms with Gasteiger partial charge in [-0.3, -0.25) is 4.79 Å². The average Bonchev–Trinajstić information content (AvgIpc) is 2.92. The Morgan fingerprint density at radius 3 is 2.71 bits per heavy atom. The number of esters is 1. The lowest BCUT2D eigenvalue weighted by Crippen LogP contribution is -2.43. The van der Waals surface area contributed by atoms with Gasteiger partial charge >= 0.3 is 5.97 Å². The maximum atomic E-state index is 13.0. The number of carbonyl (C=O) groups is 2. The summed E-state index contributed by atoms with van der Waals surface area (Å²) < 4.78 is 18.0. The Kier molecular flexibility index (Phi) is 4.86. The SMILES string of the molecule is C#CC(=O)N1C(c2ccc(F)cc2)SC[C@@H]1C(=O)OCC. The van der Waals surface area contributed by atoms with E-state index in [1.807, 2.05) is 5.92 Å². The standard InChI is InChI=1S/C15H14FNO3S/c1-3-13(18)17-12(15(19)20-4-2)9-21-14(17)10-5-7-11(16)8-6-10/h1,5-8,12,14H,4,9H2,2H3/t12-,14?/m1/s1. The van der Waals surface area contributed by atoms with Gasteiger partial charge in [-0.25, -0.2) is 9.18 Å². The van der Waals surface area contributed by atoms with Gasteiger partial charge in [0.05, 0.1) is 6.61 Å². The molecule has 1 unspecified atom stereocenters. The summed E-state index contributed by atoms with van der Waals surface area (Å²) in [6, 6.07) is 5.07. The summed E-state index contributed by atoms with van der Waals surface area (Å²) in [4.78, 5) is 25.3. The molecule has 0 bridgehead atoms. The number of terminal acetylenes is 1. The van der Waals surface area contributed by atoms with Crippen molar-refractivity contribution in [1.29, 1.82) is 0 Å². The third kappa shape index (κ3) is 3.19. The van der Waals surface area contributed by atoms with E-state index >= 15 is 0 Å². The number of carbonyl (C=O) groups excluding carboxylic acids is 2. The number of hydrogen-bond acceptors (Lipinski definition) is 4. The Hall–Kier alpha value is -2.00. The molecule has 110 valence electrons. The van der Waals surface area contributed by atoms with Gasteiger partial charge < -0.3 is 9.64 Å². The number of ether oxygens (including phenoxy) is 1. The minimum absolute atomic E-state index is 0.235. The minimum atomic E-state index is -0.714. The summed E-state index contributed by atoms with van der Waals surface area (Å²) >= 11 is 1.40. The van der Waals surface area contributed by atoms with Gasteiger partial charge in [0.15, 0.2) is 0 Å². The number of rotatable bonds is 3. The van der Waals surface area contributed by atoms with Gasteiger partial charge in [0.25, 0.3) is 5.91 Å². The molecule has 1 aliphatic rings. The highest BCUT2D eigenvalue weighted by Crippen LogP contribution is 2.41. The third-order valence-corrected chi connectivity index (χ3v) is 4.40. The molecule has 0 saturated carbocycles. The van der Waals surface area contributed by atoms with E-state index in [9.17, 15) is 14.0 Å². The normalized spacial score (nSPS) is 20.9. The largest absolute Gasteiger partial charge is 0.464 e. The lowest BCUT2D eigenvalue weighted by Gasteiger charge is -2.26. The second-order valence-corrected chi connectivity index (χ2v) is 5.48. The maximum absolute atomic E-state index is 13.0. The number of amides is 1. The fourth-order valence-electron chi connectivity index (χ4n) is 2.13. The van der Waals surface area contributed by atoms with E-state index in [0.717, 1.165) is 5.56 Å². The van der Waals surface area contributed by atoms with Crippen molar-refractivity contribution in [2.24, 2.45) is 0 Å². The first-order valence-corrected chi connectivity index (χ1v) is 7.46. The molecule has 1 amide bonds. The molecule has 0 N–H and O–H groups in total. The zero-order chi connectivity index (χ0) is 15.4. The monoisotopic (exact) mass is 307 g/mol. The van der Waals surface area contributed by atoms with E-state index in [-0.39, 0.29) is 12.4 Å². The van der Waals surface area contributed by atoms with Crippen molar-refractivity contribution < 1.29 is 18.7 Å². The fraction of sp³-hybridized carbons (Fsp3) is 0.333. The molecule has 6 heteroatoms. The molecular formula is C15H14FNO3S. The molecule has 2 rings (SSSR count). The van der Waals surface area contributed by atoms with E-state index in [4.69, 9.17) is 11.2 Å². The number of thioether (sulfide) groups is 1. The van der Waals surface area contributed by atoms with Crippen molar-refractivity contribution in [3.05, 3.63) is 35.6 Å². The van der Waals surface area contributed by atoms with Crippen molar-refractivity contribution in [2.75, 3.05) is 12.4 Å². The van der Waals surface area contributed by atoms with Crippen molar-refractivity contribution >= 4 is 23.6 Å². The van der Waals surface area contributed by atoms with Crippen molar-refractivity contribution in [3.63, 3.8) is 0 Å². The van der Waals surface area contributed by atoms with E-state index in [0.29, 0.717) is 5.75 Å². The molecule has 0 spiro atoms. The molecule has 1 aromatic carbocycles. The molecule has 2 atom stereocenters. The van der Waals surface area contributed by atoms with Crippen LogP contribution in [0.25, 0.3) is 0 Å². The Morgan fingerprint density at radius 2 is 2.14 bits per heavy atom. The average molecular weight is 307 g/mol. The van der Waals surface area contributed by atoms with Crippen LogP contribution in [0, 0.1) is 18.2 Å². The fourth-order valence-corrected chi connectivity index (χ4v) is 3.55. The molecule has 1 fully saturated rings. The second kappa shape index (κ2) is 6.64. The first kappa shape index (κ1) is 15.4. The Bertz CT molecular complexity index is 582. The van der Waals surface area contributed by atoms with Gasteiger partial charge in [-0.2, -0.15) is 0 Å². The summed E-state index contributed by atoms with van der Waals surface area (Å²) in [5.41, 5.74) is 0.719. The van der Waals surface area contributed by atoms with Crippen LogP contribution in [0.5, 0.6) is 0 Å². The molecule has 4 nitrogen and oxygen atoms in total. The minimum Gasteiger partial charge on any atom is -0.464 e. The van der Waals surface area contributed by atoms with Crippen molar-refractivity contribution in [1.82, 2.24) is 4.90 Å². The van der Waals surface area contributed by atoms with Crippen LogP contribution in [-0.4, -0.2) is 35.2 Å². The summed E-state index contributed by atoms with van der Waals surface area (Å²) in [7, 11) is 0. The van der Waals surface area contributed by atoms with Crippen LogP contribution >= 0.6 is 11.8 Å². The Balaban J connectivity index is 2.29.